The van der Waals surface area contributed by atoms with Crippen LogP contribution in [0.1, 0.15) is 17.0 Å². The average Bonchev–Trinajstić information content (AvgIpc) is 2.97. The summed E-state index contributed by atoms with van der Waals surface area (Å²) in [5, 5.41) is 12.8. The van der Waals surface area contributed by atoms with Crippen LogP contribution in [0.15, 0.2) is 24.4 Å². The van der Waals surface area contributed by atoms with Crippen LogP contribution in [0, 0.1) is 6.92 Å². The molecule has 6 heteroatoms. The minimum atomic E-state index is 0.696. The first-order valence-corrected chi connectivity index (χ1v) is 6.60. The third-order valence-electron chi connectivity index (χ3n) is 3.36. The molecule has 0 aliphatic rings. The molecule has 3 aromatic rings. The third kappa shape index (κ3) is 2.42. The van der Waals surface area contributed by atoms with Gasteiger partial charge in [0, 0.05) is 23.6 Å². The summed E-state index contributed by atoms with van der Waals surface area (Å²) in [5.74, 6) is 0.827. The maximum absolute atomic E-state index is 3.99. The monoisotopic (exact) mass is 270 g/mol. The van der Waals surface area contributed by atoms with Gasteiger partial charge in [0.1, 0.15) is 5.82 Å². The van der Waals surface area contributed by atoms with Gasteiger partial charge in [0.15, 0.2) is 0 Å². The molecule has 0 bridgehead atoms. The molecule has 1 aromatic carbocycles. The van der Waals surface area contributed by atoms with E-state index in [2.05, 4.69) is 63.9 Å². The summed E-state index contributed by atoms with van der Waals surface area (Å²) in [6, 6.07) is 6.44. The Bertz CT molecular complexity index is 724. The highest BCUT2D eigenvalue weighted by Gasteiger charge is 2.07. The van der Waals surface area contributed by atoms with Crippen LogP contribution in [0.3, 0.4) is 0 Å². The number of aromatic nitrogens is 5. The van der Waals surface area contributed by atoms with E-state index in [0.717, 1.165) is 12.4 Å². The predicted molar refractivity (Wildman–Crippen MR) is 77.3 cm³/mol. The van der Waals surface area contributed by atoms with Gasteiger partial charge in [-0.05, 0) is 54.7 Å². The topological polar surface area (TPSA) is 62.6 Å². The van der Waals surface area contributed by atoms with Crippen molar-refractivity contribution in [3.05, 3.63) is 41.3 Å². The first kappa shape index (κ1) is 12.8. The lowest BCUT2D eigenvalue weighted by atomic mass is 10.1. The SMILES string of the molecule is Cc1nnnn1Cc1ccc2[nH]cc(CN(C)C)c2c1. The van der Waals surface area contributed by atoms with Crippen molar-refractivity contribution < 1.29 is 0 Å². The van der Waals surface area contributed by atoms with Gasteiger partial charge in [-0.15, -0.1) is 5.10 Å². The quantitative estimate of drug-likeness (QED) is 0.781. The highest BCUT2D eigenvalue weighted by Crippen LogP contribution is 2.21. The smallest absolute Gasteiger partial charge is 0.148 e. The first-order valence-electron chi connectivity index (χ1n) is 6.60. The number of fused-ring (bicyclic) bond motifs is 1. The van der Waals surface area contributed by atoms with Gasteiger partial charge < -0.3 is 9.88 Å². The number of nitrogens with one attached hydrogen (secondary N) is 1. The molecule has 1 N–H and O–H groups in total. The van der Waals surface area contributed by atoms with Crippen LogP contribution in [0.5, 0.6) is 0 Å². The van der Waals surface area contributed by atoms with Gasteiger partial charge >= 0.3 is 0 Å². The Morgan fingerprint density at radius 1 is 1.30 bits per heavy atom. The Morgan fingerprint density at radius 2 is 2.15 bits per heavy atom. The van der Waals surface area contributed by atoms with E-state index < -0.39 is 0 Å². The highest BCUT2D eigenvalue weighted by molar-refractivity contribution is 5.83. The molecule has 0 aliphatic carbocycles. The van der Waals surface area contributed by atoms with Crippen molar-refractivity contribution in [2.45, 2.75) is 20.0 Å². The molecule has 2 aromatic heterocycles. The van der Waals surface area contributed by atoms with Gasteiger partial charge in [-0.25, -0.2) is 4.68 Å². The lowest BCUT2D eigenvalue weighted by Gasteiger charge is -2.08. The Labute approximate surface area is 117 Å². The van der Waals surface area contributed by atoms with Crippen molar-refractivity contribution >= 4 is 10.9 Å². The molecule has 0 atom stereocenters. The number of nitrogens with zero attached hydrogens (tertiary/aromatic N) is 5. The fraction of sp³-hybridized carbons (Fsp3) is 0.357. The number of aryl methyl sites for hydroxylation is 1. The van der Waals surface area contributed by atoms with Crippen molar-refractivity contribution in [1.29, 1.82) is 0 Å². The van der Waals surface area contributed by atoms with Crippen LogP contribution in [0.4, 0.5) is 0 Å². The standard InChI is InChI=1S/C14H18N6/c1-10-16-17-18-20(10)8-11-4-5-14-13(6-11)12(7-15-14)9-19(2)3/h4-7,15H,8-9H2,1-3H3. The van der Waals surface area contributed by atoms with Crippen LogP contribution in [0.2, 0.25) is 0 Å². The van der Waals surface area contributed by atoms with Gasteiger partial charge in [-0.3, -0.25) is 0 Å². The zero-order valence-corrected chi connectivity index (χ0v) is 12.0. The molecule has 0 aliphatic heterocycles. The van der Waals surface area contributed by atoms with Crippen LogP contribution in [0.25, 0.3) is 10.9 Å². The van der Waals surface area contributed by atoms with E-state index in [4.69, 9.17) is 0 Å². The normalized spacial score (nSPS) is 11.6. The molecular formula is C14H18N6. The van der Waals surface area contributed by atoms with E-state index in [-0.39, 0.29) is 0 Å². The van der Waals surface area contributed by atoms with Crippen molar-refractivity contribution in [3.8, 4) is 0 Å². The number of hydrogen-bond donors (Lipinski definition) is 1. The number of aromatic amines is 1. The Morgan fingerprint density at radius 3 is 2.85 bits per heavy atom. The van der Waals surface area contributed by atoms with Crippen LogP contribution < -0.4 is 0 Å². The molecule has 3 rings (SSSR count). The first-order chi connectivity index (χ1) is 9.63. The maximum Gasteiger partial charge on any atom is 0.148 e. The molecule has 0 saturated carbocycles. The molecule has 0 unspecified atom stereocenters. The second kappa shape index (κ2) is 5.05. The van der Waals surface area contributed by atoms with Gasteiger partial charge in [0.2, 0.25) is 0 Å². The molecule has 0 radical (unpaired) electrons. The third-order valence-corrected chi connectivity index (χ3v) is 3.36. The average molecular weight is 270 g/mol. The molecule has 0 saturated heterocycles. The fourth-order valence-corrected chi connectivity index (χ4v) is 2.36. The maximum atomic E-state index is 3.99. The van der Waals surface area contributed by atoms with Crippen molar-refractivity contribution in [2.75, 3.05) is 14.1 Å². The molecular weight excluding hydrogens is 252 g/mol. The van der Waals surface area contributed by atoms with Gasteiger partial charge in [0.25, 0.3) is 0 Å². The Balaban J connectivity index is 1.94. The predicted octanol–water partition coefficient (Wildman–Crippen LogP) is 1.57. The van der Waals surface area contributed by atoms with Crippen LogP contribution in [-0.2, 0) is 13.1 Å². The van der Waals surface area contributed by atoms with Crippen LogP contribution >= 0.6 is 0 Å². The lowest BCUT2D eigenvalue weighted by molar-refractivity contribution is 0.404. The summed E-state index contributed by atoms with van der Waals surface area (Å²) >= 11 is 0. The number of tetrazole rings is 1. The van der Waals surface area contributed by atoms with Crippen LogP contribution in [-0.4, -0.2) is 44.2 Å². The second-order valence-electron chi connectivity index (χ2n) is 5.32. The lowest BCUT2D eigenvalue weighted by Crippen LogP contribution is -2.10. The number of H-pyrrole nitrogens is 1. The van der Waals surface area contributed by atoms with E-state index >= 15 is 0 Å². The molecule has 0 fully saturated rings. The second-order valence-corrected chi connectivity index (χ2v) is 5.32. The Kier molecular flexibility index (Phi) is 3.23. The van der Waals surface area contributed by atoms with Gasteiger partial charge in [0.05, 0.1) is 6.54 Å². The summed E-state index contributed by atoms with van der Waals surface area (Å²) in [7, 11) is 4.15. The van der Waals surface area contributed by atoms with E-state index in [1.165, 1.54) is 22.0 Å². The number of benzene rings is 1. The summed E-state index contributed by atoms with van der Waals surface area (Å²) in [6.07, 6.45) is 2.08. The minimum absolute atomic E-state index is 0.696. The molecule has 20 heavy (non-hydrogen) atoms. The summed E-state index contributed by atoms with van der Waals surface area (Å²) in [5.41, 5.74) is 3.67. The van der Waals surface area contributed by atoms with Gasteiger partial charge in [-0.1, -0.05) is 6.07 Å². The number of rotatable bonds is 4. The zero-order chi connectivity index (χ0) is 14.1. The summed E-state index contributed by atoms with van der Waals surface area (Å²) in [4.78, 5) is 5.48. The summed E-state index contributed by atoms with van der Waals surface area (Å²) < 4.78 is 1.80. The van der Waals surface area contributed by atoms with Crippen molar-refractivity contribution in [1.82, 2.24) is 30.1 Å². The molecule has 6 nitrogen and oxygen atoms in total. The molecule has 0 amide bonds. The minimum Gasteiger partial charge on any atom is -0.361 e. The highest BCUT2D eigenvalue weighted by atomic mass is 15.5. The molecule has 0 spiro atoms. The zero-order valence-electron chi connectivity index (χ0n) is 12.0. The van der Waals surface area contributed by atoms with Crippen molar-refractivity contribution in [3.63, 3.8) is 0 Å². The Hall–Kier alpha value is -2.21. The molecule has 2 heterocycles. The fourth-order valence-electron chi connectivity index (χ4n) is 2.36. The molecule has 104 valence electrons. The largest absolute Gasteiger partial charge is 0.361 e. The van der Waals surface area contributed by atoms with E-state index in [1.54, 1.807) is 4.68 Å². The number of hydrogen-bond acceptors (Lipinski definition) is 4. The van der Waals surface area contributed by atoms with E-state index in [1.807, 2.05) is 6.92 Å². The van der Waals surface area contributed by atoms with Gasteiger partial charge in [-0.2, -0.15) is 0 Å². The summed E-state index contributed by atoms with van der Waals surface area (Å²) in [6.45, 7) is 3.53. The van der Waals surface area contributed by atoms with E-state index in [0.29, 0.717) is 6.54 Å². The van der Waals surface area contributed by atoms with Crippen molar-refractivity contribution in [2.24, 2.45) is 0 Å². The van der Waals surface area contributed by atoms with E-state index in [9.17, 15) is 0 Å².